The molecule has 1 rings (SSSR count). The molecule has 0 aliphatic carbocycles. The summed E-state index contributed by atoms with van der Waals surface area (Å²) >= 11 is 3.30. The molecule has 0 fully saturated rings. The van der Waals surface area contributed by atoms with Crippen molar-refractivity contribution in [2.45, 2.75) is 6.10 Å². The van der Waals surface area contributed by atoms with E-state index in [1.807, 2.05) is 18.2 Å². The van der Waals surface area contributed by atoms with Crippen LogP contribution in [0.2, 0.25) is 0 Å². The molecule has 0 heterocycles. The van der Waals surface area contributed by atoms with Gasteiger partial charge in [-0.15, -0.1) is 0 Å². The first-order valence-electron chi connectivity index (χ1n) is 3.90. The Labute approximate surface area is 85.1 Å². The first-order chi connectivity index (χ1) is 6.24. The molecule has 0 saturated carbocycles. The number of benzene rings is 1. The number of para-hydroxylation sites is 1. The summed E-state index contributed by atoms with van der Waals surface area (Å²) in [6.45, 7) is -0.191. The second kappa shape index (κ2) is 5.21. The van der Waals surface area contributed by atoms with Gasteiger partial charge < -0.3 is 14.9 Å². The van der Waals surface area contributed by atoms with Crippen LogP contribution in [-0.2, 0) is 0 Å². The van der Waals surface area contributed by atoms with Gasteiger partial charge in [0.2, 0.25) is 0 Å². The lowest BCUT2D eigenvalue weighted by molar-refractivity contribution is 0.0534. The maximum Gasteiger partial charge on any atom is 0.133 e. The molecule has 3 nitrogen and oxygen atoms in total. The third-order valence-electron chi connectivity index (χ3n) is 1.48. The smallest absolute Gasteiger partial charge is 0.133 e. The van der Waals surface area contributed by atoms with E-state index in [9.17, 15) is 0 Å². The molecule has 0 spiro atoms. The van der Waals surface area contributed by atoms with E-state index in [0.717, 1.165) is 4.47 Å². The van der Waals surface area contributed by atoms with Crippen LogP contribution >= 0.6 is 15.9 Å². The predicted molar refractivity (Wildman–Crippen MR) is 52.7 cm³/mol. The molecule has 4 heteroatoms. The monoisotopic (exact) mass is 246 g/mol. The topological polar surface area (TPSA) is 49.7 Å². The molecule has 72 valence electrons. The minimum absolute atomic E-state index is 0.0963. The van der Waals surface area contributed by atoms with Gasteiger partial charge in [0.25, 0.3) is 0 Å². The molecule has 0 aromatic heterocycles. The van der Waals surface area contributed by atoms with Crippen LogP contribution in [0, 0.1) is 0 Å². The molecule has 0 bridgehead atoms. The SMILES string of the molecule is OCC(O)COc1ccccc1Br. The van der Waals surface area contributed by atoms with Crippen LogP contribution in [0.15, 0.2) is 28.7 Å². The third kappa shape index (κ3) is 3.34. The first kappa shape index (κ1) is 10.5. The fourth-order valence-corrected chi connectivity index (χ4v) is 1.20. The number of ether oxygens (including phenoxy) is 1. The summed E-state index contributed by atoms with van der Waals surface area (Å²) in [5.74, 6) is 0.662. The molecule has 0 radical (unpaired) electrons. The van der Waals surface area contributed by atoms with Gasteiger partial charge in [-0.3, -0.25) is 0 Å². The highest BCUT2D eigenvalue weighted by atomic mass is 79.9. The van der Waals surface area contributed by atoms with Crippen LogP contribution in [-0.4, -0.2) is 29.5 Å². The first-order valence-corrected chi connectivity index (χ1v) is 4.69. The van der Waals surface area contributed by atoms with Gasteiger partial charge >= 0.3 is 0 Å². The molecule has 0 amide bonds. The van der Waals surface area contributed by atoms with Crippen molar-refractivity contribution in [3.8, 4) is 5.75 Å². The van der Waals surface area contributed by atoms with Crippen LogP contribution in [0.5, 0.6) is 5.75 Å². The molecule has 1 aromatic rings. The van der Waals surface area contributed by atoms with E-state index in [1.165, 1.54) is 0 Å². The van der Waals surface area contributed by atoms with Gasteiger partial charge in [-0.25, -0.2) is 0 Å². The molecule has 0 saturated heterocycles. The largest absolute Gasteiger partial charge is 0.490 e. The Bertz CT molecular complexity index is 265. The molecule has 0 aliphatic heterocycles. The Hall–Kier alpha value is -0.580. The Morgan fingerprint density at radius 2 is 2.08 bits per heavy atom. The Balaban J connectivity index is 2.50. The highest BCUT2D eigenvalue weighted by Crippen LogP contribution is 2.23. The highest BCUT2D eigenvalue weighted by Gasteiger charge is 2.04. The lowest BCUT2D eigenvalue weighted by Crippen LogP contribution is -2.21. The average molecular weight is 247 g/mol. The van der Waals surface area contributed by atoms with Gasteiger partial charge in [-0.1, -0.05) is 12.1 Å². The van der Waals surface area contributed by atoms with E-state index in [4.69, 9.17) is 14.9 Å². The second-order valence-corrected chi connectivity index (χ2v) is 3.43. The number of aliphatic hydroxyl groups excluding tert-OH is 2. The van der Waals surface area contributed by atoms with Crippen molar-refractivity contribution in [2.24, 2.45) is 0 Å². The zero-order chi connectivity index (χ0) is 9.68. The lowest BCUT2D eigenvalue weighted by Gasteiger charge is -2.10. The Kier molecular flexibility index (Phi) is 4.21. The number of hydrogen-bond acceptors (Lipinski definition) is 3. The summed E-state index contributed by atoms with van der Waals surface area (Å²) in [5.41, 5.74) is 0. The van der Waals surface area contributed by atoms with Crippen LogP contribution in [0.25, 0.3) is 0 Å². The fourth-order valence-electron chi connectivity index (χ4n) is 0.800. The summed E-state index contributed by atoms with van der Waals surface area (Å²) in [6, 6.07) is 7.35. The second-order valence-electron chi connectivity index (χ2n) is 2.58. The van der Waals surface area contributed by atoms with Crippen LogP contribution < -0.4 is 4.74 Å². The van der Waals surface area contributed by atoms with Crippen LogP contribution in [0.1, 0.15) is 0 Å². The molecule has 1 aromatic carbocycles. The molecule has 0 aliphatic rings. The lowest BCUT2D eigenvalue weighted by atomic mass is 10.3. The minimum Gasteiger partial charge on any atom is -0.490 e. The summed E-state index contributed by atoms with van der Waals surface area (Å²) in [7, 11) is 0. The van der Waals surface area contributed by atoms with E-state index >= 15 is 0 Å². The molecular formula is C9H11BrO3. The van der Waals surface area contributed by atoms with Crippen LogP contribution in [0.3, 0.4) is 0 Å². The van der Waals surface area contributed by atoms with E-state index in [1.54, 1.807) is 6.07 Å². The van der Waals surface area contributed by atoms with Gasteiger partial charge in [0, 0.05) is 0 Å². The fraction of sp³-hybridized carbons (Fsp3) is 0.333. The van der Waals surface area contributed by atoms with Crippen LogP contribution in [0.4, 0.5) is 0 Å². The van der Waals surface area contributed by atoms with E-state index in [-0.39, 0.29) is 13.2 Å². The standard InChI is InChI=1S/C9H11BrO3/c10-8-3-1-2-4-9(8)13-6-7(12)5-11/h1-4,7,11-12H,5-6H2. The van der Waals surface area contributed by atoms with Gasteiger partial charge in [-0.05, 0) is 28.1 Å². The predicted octanol–water partition coefficient (Wildman–Crippen LogP) is 1.18. The van der Waals surface area contributed by atoms with Gasteiger partial charge in [0.15, 0.2) is 0 Å². The van der Waals surface area contributed by atoms with Crippen molar-refractivity contribution < 1.29 is 14.9 Å². The van der Waals surface area contributed by atoms with Gasteiger partial charge in [-0.2, -0.15) is 0 Å². The van der Waals surface area contributed by atoms with Crippen molar-refractivity contribution in [2.75, 3.05) is 13.2 Å². The van der Waals surface area contributed by atoms with E-state index in [0.29, 0.717) is 5.75 Å². The summed E-state index contributed by atoms with van der Waals surface area (Å²) in [6.07, 6.45) is -0.827. The minimum atomic E-state index is -0.827. The Morgan fingerprint density at radius 3 is 2.69 bits per heavy atom. The number of halogens is 1. The normalized spacial score (nSPS) is 12.5. The number of aliphatic hydroxyl groups is 2. The zero-order valence-corrected chi connectivity index (χ0v) is 8.57. The average Bonchev–Trinajstić information content (AvgIpc) is 2.16. The summed E-state index contributed by atoms with van der Waals surface area (Å²) in [5, 5.41) is 17.6. The van der Waals surface area contributed by atoms with Gasteiger partial charge in [0.05, 0.1) is 11.1 Å². The third-order valence-corrected chi connectivity index (χ3v) is 2.13. The maximum atomic E-state index is 9.02. The highest BCUT2D eigenvalue weighted by molar-refractivity contribution is 9.10. The molecule has 13 heavy (non-hydrogen) atoms. The Morgan fingerprint density at radius 1 is 1.38 bits per heavy atom. The van der Waals surface area contributed by atoms with Crippen molar-refractivity contribution in [1.82, 2.24) is 0 Å². The summed E-state index contributed by atoms with van der Waals surface area (Å²) in [4.78, 5) is 0. The van der Waals surface area contributed by atoms with E-state index < -0.39 is 6.10 Å². The number of rotatable bonds is 4. The van der Waals surface area contributed by atoms with E-state index in [2.05, 4.69) is 15.9 Å². The molecule has 2 N–H and O–H groups in total. The molecule has 1 unspecified atom stereocenters. The van der Waals surface area contributed by atoms with Gasteiger partial charge in [0.1, 0.15) is 18.5 Å². The molecule has 1 atom stereocenters. The summed E-state index contributed by atoms with van der Waals surface area (Å²) < 4.78 is 6.07. The van der Waals surface area contributed by atoms with Crippen molar-refractivity contribution in [1.29, 1.82) is 0 Å². The zero-order valence-electron chi connectivity index (χ0n) is 6.98. The maximum absolute atomic E-state index is 9.02. The van der Waals surface area contributed by atoms with Crippen molar-refractivity contribution >= 4 is 15.9 Å². The number of hydrogen-bond donors (Lipinski definition) is 2. The quantitative estimate of drug-likeness (QED) is 0.839. The van der Waals surface area contributed by atoms with Crippen molar-refractivity contribution in [3.05, 3.63) is 28.7 Å². The van der Waals surface area contributed by atoms with Crippen molar-refractivity contribution in [3.63, 3.8) is 0 Å². The molecular weight excluding hydrogens is 236 g/mol.